The van der Waals surface area contributed by atoms with Gasteiger partial charge in [0.25, 0.3) is 5.69 Å². The van der Waals surface area contributed by atoms with Crippen molar-refractivity contribution in [3.8, 4) is 0 Å². The van der Waals surface area contributed by atoms with E-state index >= 15 is 0 Å². The Morgan fingerprint density at radius 2 is 1.77 bits per heavy atom. The van der Waals surface area contributed by atoms with E-state index < -0.39 is 0 Å². The number of rotatable bonds is 2. The number of nitro groups is 1. The van der Waals surface area contributed by atoms with Crippen LogP contribution in [0.4, 0.5) is 5.69 Å². The Balaban J connectivity index is 1.43. The van der Waals surface area contributed by atoms with Gasteiger partial charge in [-0.15, -0.1) is 0 Å². The first-order chi connectivity index (χ1) is 14.3. The monoisotopic (exact) mass is 407 g/mol. The number of benzene rings is 1. The molecule has 4 aliphatic carbocycles. The largest absolute Gasteiger partial charge is 0.294 e. The Kier molecular flexibility index (Phi) is 4.68. The van der Waals surface area contributed by atoms with Gasteiger partial charge in [0.1, 0.15) is 0 Å². The number of hydrogen-bond acceptors (Lipinski definition) is 3. The molecule has 4 nitrogen and oxygen atoms in total. The van der Waals surface area contributed by atoms with E-state index in [1.807, 2.05) is 6.08 Å². The van der Waals surface area contributed by atoms with Gasteiger partial charge < -0.3 is 0 Å². The lowest BCUT2D eigenvalue weighted by Crippen LogP contribution is -2.52. The molecule has 0 aromatic heterocycles. The maximum absolute atomic E-state index is 13.5. The third kappa shape index (κ3) is 2.90. The molecule has 5 rings (SSSR count). The molecule has 160 valence electrons. The Morgan fingerprint density at radius 1 is 1.00 bits per heavy atom. The summed E-state index contributed by atoms with van der Waals surface area (Å²) in [6, 6.07) is 6.59. The second-order valence-electron chi connectivity index (χ2n) is 10.9. The van der Waals surface area contributed by atoms with Gasteiger partial charge in [-0.2, -0.15) is 0 Å². The van der Waals surface area contributed by atoms with Crippen LogP contribution in [0.3, 0.4) is 0 Å². The molecule has 4 aliphatic rings. The van der Waals surface area contributed by atoms with E-state index in [9.17, 15) is 14.9 Å². The first kappa shape index (κ1) is 20.0. The molecule has 4 saturated carbocycles. The molecule has 6 atom stereocenters. The second-order valence-corrected chi connectivity index (χ2v) is 10.9. The van der Waals surface area contributed by atoms with Crippen molar-refractivity contribution in [2.75, 3.05) is 0 Å². The highest BCUT2D eigenvalue weighted by Gasteiger charge is 2.60. The summed E-state index contributed by atoms with van der Waals surface area (Å²) >= 11 is 0. The molecule has 1 aromatic carbocycles. The minimum Gasteiger partial charge on any atom is -0.294 e. The van der Waals surface area contributed by atoms with E-state index in [2.05, 4.69) is 13.8 Å². The third-order valence-electron chi connectivity index (χ3n) is 9.67. The molecule has 0 N–H and O–H groups in total. The smallest absolute Gasteiger partial charge is 0.269 e. The van der Waals surface area contributed by atoms with E-state index in [0.717, 1.165) is 35.8 Å². The molecule has 0 unspecified atom stereocenters. The highest BCUT2D eigenvalue weighted by Crippen LogP contribution is 2.66. The molecule has 1 aromatic rings. The van der Waals surface area contributed by atoms with Gasteiger partial charge in [-0.25, -0.2) is 0 Å². The van der Waals surface area contributed by atoms with E-state index in [1.165, 1.54) is 57.1 Å². The zero-order valence-electron chi connectivity index (χ0n) is 18.2. The van der Waals surface area contributed by atoms with Crippen LogP contribution in [0.1, 0.15) is 77.2 Å². The molecule has 0 bridgehead atoms. The number of carbonyl (C=O) groups is 1. The fourth-order valence-electron chi connectivity index (χ4n) is 7.99. The van der Waals surface area contributed by atoms with Crippen LogP contribution in [-0.4, -0.2) is 10.7 Å². The summed E-state index contributed by atoms with van der Waals surface area (Å²) in [5.41, 5.74) is 2.19. The number of Topliss-reactive ketones (excluding diaryl/α,β-unsaturated/α-hetero) is 1. The zero-order chi connectivity index (χ0) is 21.1. The number of nitrogens with zero attached hydrogens (tertiary/aromatic N) is 1. The van der Waals surface area contributed by atoms with Crippen LogP contribution in [0.25, 0.3) is 6.08 Å². The molecule has 0 amide bonds. The highest BCUT2D eigenvalue weighted by molar-refractivity contribution is 6.05. The summed E-state index contributed by atoms with van der Waals surface area (Å²) in [6.07, 6.45) is 13.3. The predicted octanol–water partition coefficient (Wildman–Crippen LogP) is 6.59. The normalized spacial score (nSPS) is 41.8. The minimum absolute atomic E-state index is 0.0934. The lowest BCUT2D eigenvalue weighted by Gasteiger charge is -2.59. The lowest BCUT2D eigenvalue weighted by atomic mass is 9.45. The number of non-ortho nitro benzene ring substituents is 1. The molecule has 0 aliphatic heterocycles. The Labute approximate surface area is 179 Å². The van der Waals surface area contributed by atoms with Crippen molar-refractivity contribution >= 4 is 17.5 Å². The number of hydrogen-bond donors (Lipinski definition) is 0. The molecule has 4 fully saturated rings. The zero-order valence-corrected chi connectivity index (χ0v) is 18.2. The Hall–Kier alpha value is -1.97. The molecule has 0 radical (unpaired) electrons. The van der Waals surface area contributed by atoms with Crippen LogP contribution < -0.4 is 0 Å². The second kappa shape index (κ2) is 7.03. The molecule has 0 heterocycles. The molecule has 4 heteroatoms. The molecule has 0 spiro atoms. The maximum atomic E-state index is 13.5. The molecule has 30 heavy (non-hydrogen) atoms. The van der Waals surface area contributed by atoms with Gasteiger partial charge in [-0.05, 0) is 103 Å². The average molecular weight is 408 g/mol. The van der Waals surface area contributed by atoms with Crippen LogP contribution in [0.5, 0.6) is 0 Å². The summed E-state index contributed by atoms with van der Waals surface area (Å²) in [4.78, 5) is 24.0. The molecule has 0 saturated heterocycles. The van der Waals surface area contributed by atoms with Gasteiger partial charge in [-0.1, -0.05) is 26.7 Å². The first-order valence-electron chi connectivity index (χ1n) is 11.8. The van der Waals surface area contributed by atoms with Crippen LogP contribution in [-0.2, 0) is 4.79 Å². The van der Waals surface area contributed by atoms with Gasteiger partial charge in [0.15, 0.2) is 5.78 Å². The van der Waals surface area contributed by atoms with Gasteiger partial charge in [0.2, 0.25) is 0 Å². The van der Waals surface area contributed by atoms with E-state index in [-0.39, 0.29) is 16.0 Å². The van der Waals surface area contributed by atoms with Crippen molar-refractivity contribution in [1.82, 2.24) is 0 Å². The van der Waals surface area contributed by atoms with Crippen molar-refractivity contribution in [3.63, 3.8) is 0 Å². The predicted molar refractivity (Wildman–Crippen MR) is 118 cm³/mol. The number of fused-ring (bicyclic) bond motifs is 5. The van der Waals surface area contributed by atoms with Crippen molar-refractivity contribution in [1.29, 1.82) is 0 Å². The number of ketones is 1. The fraction of sp³-hybridized carbons (Fsp3) is 0.654. The highest BCUT2D eigenvalue weighted by atomic mass is 16.6. The SMILES string of the molecule is C[C@]12CCCC[C@H]1CC[C@@H]1[C@@H]2CC[C@]2(C)C(=O)/C(=C/c3ccc([N+](=O)[O-])cc3)C[C@@H]12. The van der Waals surface area contributed by atoms with E-state index in [4.69, 9.17) is 0 Å². The number of nitro benzene ring substituents is 1. The van der Waals surface area contributed by atoms with Crippen molar-refractivity contribution < 1.29 is 9.72 Å². The number of carbonyl (C=O) groups excluding carboxylic acids is 1. The van der Waals surface area contributed by atoms with E-state index in [1.54, 1.807) is 12.1 Å². The summed E-state index contributed by atoms with van der Waals surface area (Å²) < 4.78 is 0. The van der Waals surface area contributed by atoms with Crippen LogP contribution >= 0.6 is 0 Å². The standard InChI is InChI=1S/C26H33NO3/c1-25-13-4-3-5-19(25)8-11-21-22(25)12-14-26(2)23(21)16-18(24(26)28)15-17-6-9-20(10-7-17)27(29)30/h6-7,9-10,15,19,21-23H,3-5,8,11-14,16H2,1-2H3/b18-15+/t19-,21+,22-,23-,25-,26-/m0/s1. The molecular weight excluding hydrogens is 374 g/mol. The lowest BCUT2D eigenvalue weighted by molar-refractivity contribution is -0.384. The quantitative estimate of drug-likeness (QED) is 0.316. The summed E-state index contributed by atoms with van der Waals surface area (Å²) in [6.45, 7) is 4.79. The van der Waals surface area contributed by atoms with Crippen LogP contribution in [0.15, 0.2) is 29.8 Å². The van der Waals surface area contributed by atoms with Crippen LogP contribution in [0, 0.1) is 44.6 Å². The maximum Gasteiger partial charge on any atom is 0.269 e. The van der Waals surface area contributed by atoms with Crippen molar-refractivity contribution in [2.45, 2.75) is 71.6 Å². The third-order valence-corrected chi connectivity index (χ3v) is 9.67. The van der Waals surface area contributed by atoms with Gasteiger partial charge in [-0.3, -0.25) is 14.9 Å². The Bertz CT molecular complexity index is 903. The number of allylic oxidation sites excluding steroid dienone is 1. The molecular formula is C26H33NO3. The van der Waals surface area contributed by atoms with Crippen molar-refractivity contribution in [2.24, 2.45) is 34.5 Å². The summed E-state index contributed by atoms with van der Waals surface area (Å²) in [5, 5.41) is 10.9. The minimum atomic E-state index is -0.379. The van der Waals surface area contributed by atoms with Crippen molar-refractivity contribution in [3.05, 3.63) is 45.5 Å². The fourth-order valence-corrected chi connectivity index (χ4v) is 7.99. The Morgan fingerprint density at radius 3 is 2.50 bits per heavy atom. The topological polar surface area (TPSA) is 60.2 Å². The van der Waals surface area contributed by atoms with Gasteiger partial charge >= 0.3 is 0 Å². The summed E-state index contributed by atoms with van der Waals surface area (Å²) in [7, 11) is 0. The first-order valence-corrected chi connectivity index (χ1v) is 11.8. The average Bonchev–Trinajstić information content (AvgIpc) is 2.98. The van der Waals surface area contributed by atoms with E-state index in [0.29, 0.717) is 23.0 Å². The van der Waals surface area contributed by atoms with Crippen LogP contribution in [0.2, 0.25) is 0 Å². The summed E-state index contributed by atoms with van der Waals surface area (Å²) in [5.74, 6) is 3.15. The van der Waals surface area contributed by atoms with Gasteiger partial charge in [0, 0.05) is 17.5 Å². The van der Waals surface area contributed by atoms with Gasteiger partial charge in [0.05, 0.1) is 4.92 Å².